The minimum atomic E-state index is -1.78. The van der Waals surface area contributed by atoms with Crippen LogP contribution >= 0.6 is 0 Å². The van der Waals surface area contributed by atoms with E-state index in [0.29, 0.717) is 11.1 Å². The van der Waals surface area contributed by atoms with Gasteiger partial charge in [0.05, 0.1) is 17.4 Å². The van der Waals surface area contributed by atoms with Crippen molar-refractivity contribution in [1.29, 1.82) is 0 Å². The van der Waals surface area contributed by atoms with Crippen LogP contribution in [0, 0.1) is 6.92 Å². The van der Waals surface area contributed by atoms with Crippen molar-refractivity contribution < 1.29 is 49.0 Å². The average molecular weight is 541 g/mol. The molecule has 1 saturated heterocycles. The second-order valence-electron chi connectivity index (χ2n) is 9.41. The van der Waals surface area contributed by atoms with Crippen LogP contribution < -0.4 is 5.43 Å². The summed E-state index contributed by atoms with van der Waals surface area (Å²) in [5, 5.41) is 52.0. The number of esters is 1. The van der Waals surface area contributed by atoms with Gasteiger partial charge in [0.15, 0.2) is 5.43 Å². The largest absolute Gasteiger partial charge is 0.508 e. The predicted molar refractivity (Wildman–Crippen MR) is 137 cm³/mol. The molecule has 11 nitrogen and oxygen atoms in total. The number of aliphatic hydroxyl groups is 3. The molecule has 0 amide bonds. The Kier molecular flexibility index (Phi) is 8.17. The van der Waals surface area contributed by atoms with E-state index in [2.05, 4.69) is 0 Å². The number of ketones is 1. The number of phenolic OH excluding ortho intramolecular Hbond substituents is 2. The van der Waals surface area contributed by atoms with Crippen LogP contribution in [0.5, 0.6) is 11.5 Å². The number of ether oxygens (including phenoxy) is 2. The molecule has 11 heteroatoms. The number of aliphatic hydroxyl groups excluding tert-OH is 3. The molecule has 0 aliphatic carbocycles. The molecule has 1 aromatic heterocycles. The fourth-order valence-electron chi connectivity index (χ4n) is 4.47. The van der Waals surface area contributed by atoms with Crippen molar-refractivity contribution in [3.8, 4) is 11.5 Å². The average Bonchev–Trinajstić information content (AvgIpc) is 2.86. The Labute approximate surface area is 222 Å². The number of hydrogen-bond acceptors (Lipinski definition) is 11. The molecule has 1 unspecified atom stereocenters. The number of aryl methyl sites for hydroxylation is 1. The third kappa shape index (κ3) is 6.02. The number of rotatable bonds is 7. The zero-order valence-corrected chi connectivity index (χ0v) is 21.1. The maximum Gasteiger partial charge on any atom is 0.330 e. The Balaban J connectivity index is 1.62. The summed E-state index contributed by atoms with van der Waals surface area (Å²) in [7, 11) is 0. The summed E-state index contributed by atoms with van der Waals surface area (Å²) in [4.78, 5) is 36.7. The monoisotopic (exact) mass is 540 g/mol. The van der Waals surface area contributed by atoms with Crippen LogP contribution in [0.2, 0.25) is 0 Å². The molecule has 1 aliphatic rings. The van der Waals surface area contributed by atoms with Crippen LogP contribution in [0.1, 0.15) is 35.5 Å². The van der Waals surface area contributed by atoms with E-state index in [1.54, 1.807) is 19.1 Å². The minimum Gasteiger partial charge on any atom is -0.508 e. The third-order valence-electron chi connectivity index (χ3n) is 6.38. The van der Waals surface area contributed by atoms with E-state index in [0.717, 1.165) is 6.08 Å². The zero-order valence-electron chi connectivity index (χ0n) is 21.1. The molecule has 5 atom stereocenters. The van der Waals surface area contributed by atoms with Crippen LogP contribution in [0.15, 0.2) is 51.7 Å². The van der Waals surface area contributed by atoms with E-state index in [9.17, 15) is 39.9 Å². The van der Waals surface area contributed by atoms with E-state index in [-0.39, 0.29) is 40.2 Å². The van der Waals surface area contributed by atoms with E-state index >= 15 is 0 Å². The number of hydrogen-bond donors (Lipinski definition) is 5. The molecule has 1 fully saturated rings. The minimum absolute atomic E-state index is 0.0306. The predicted octanol–water partition coefficient (Wildman–Crippen LogP) is 1.42. The lowest BCUT2D eigenvalue weighted by molar-refractivity contribution is -0.234. The van der Waals surface area contributed by atoms with E-state index in [1.807, 2.05) is 0 Å². The van der Waals surface area contributed by atoms with Gasteiger partial charge < -0.3 is 39.4 Å². The van der Waals surface area contributed by atoms with Gasteiger partial charge in [-0.15, -0.1) is 0 Å². The Morgan fingerprint density at radius 1 is 1.03 bits per heavy atom. The third-order valence-corrected chi connectivity index (χ3v) is 6.38. The van der Waals surface area contributed by atoms with Gasteiger partial charge in [-0.2, -0.15) is 0 Å². The Bertz CT molecular complexity index is 1470. The lowest BCUT2D eigenvalue weighted by Crippen LogP contribution is -2.55. The molecule has 0 bridgehead atoms. The SMILES string of the molecule is CC(=O)Cc1cc(=O)c2c(C)cc(O)c([C@@H]3OC(COC(=O)/C=C/c4ccc(O)cc4)[C@@H](O)[C@H](O)[C@H]3O)c2o1. The fourth-order valence-corrected chi connectivity index (χ4v) is 4.47. The van der Waals surface area contributed by atoms with Gasteiger partial charge in [0.25, 0.3) is 0 Å². The maximum absolute atomic E-state index is 12.8. The highest BCUT2D eigenvalue weighted by atomic mass is 16.6. The summed E-state index contributed by atoms with van der Waals surface area (Å²) in [5.41, 5.74) is 0.190. The lowest BCUT2D eigenvalue weighted by atomic mass is 9.89. The number of benzene rings is 2. The molecule has 1 aliphatic heterocycles. The molecule has 2 heterocycles. The molecule has 0 spiro atoms. The van der Waals surface area contributed by atoms with Crippen LogP contribution in [0.3, 0.4) is 0 Å². The van der Waals surface area contributed by atoms with Gasteiger partial charge in [-0.3, -0.25) is 9.59 Å². The molecular formula is C28H28O11. The highest BCUT2D eigenvalue weighted by Crippen LogP contribution is 2.41. The van der Waals surface area contributed by atoms with Crippen molar-refractivity contribution in [2.75, 3.05) is 6.61 Å². The van der Waals surface area contributed by atoms with Gasteiger partial charge in [0, 0.05) is 12.1 Å². The second kappa shape index (κ2) is 11.4. The molecule has 5 N–H and O–H groups in total. The van der Waals surface area contributed by atoms with E-state index in [1.165, 1.54) is 37.3 Å². The maximum atomic E-state index is 12.8. The van der Waals surface area contributed by atoms with E-state index < -0.39 is 54.3 Å². The number of phenols is 2. The number of fused-ring (bicyclic) bond motifs is 1. The normalized spacial score (nSPS) is 23.3. The second-order valence-corrected chi connectivity index (χ2v) is 9.41. The van der Waals surface area contributed by atoms with Crippen LogP contribution in [0.4, 0.5) is 0 Å². The van der Waals surface area contributed by atoms with Gasteiger partial charge in [0.1, 0.15) is 65.8 Å². The summed E-state index contributed by atoms with van der Waals surface area (Å²) in [6, 6.07) is 8.49. The molecule has 39 heavy (non-hydrogen) atoms. The molecule has 4 rings (SSSR count). The highest BCUT2D eigenvalue weighted by Gasteiger charge is 2.46. The summed E-state index contributed by atoms with van der Waals surface area (Å²) >= 11 is 0. The van der Waals surface area contributed by atoms with Gasteiger partial charge in [-0.05, 0) is 49.2 Å². The first kappa shape index (κ1) is 28.0. The van der Waals surface area contributed by atoms with Crippen LogP contribution in [-0.2, 0) is 25.5 Å². The molecule has 3 aromatic rings. The van der Waals surface area contributed by atoms with Crippen molar-refractivity contribution in [3.05, 3.63) is 75.1 Å². The number of Topliss-reactive ketones (excluding diaryl/α,β-unsaturated/α-hetero) is 1. The van der Waals surface area contributed by atoms with Crippen molar-refractivity contribution in [1.82, 2.24) is 0 Å². The Morgan fingerprint density at radius 2 is 1.72 bits per heavy atom. The van der Waals surface area contributed by atoms with Crippen molar-refractivity contribution in [2.45, 2.75) is 50.8 Å². The number of carbonyl (C=O) groups is 2. The fraction of sp³-hybridized carbons (Fsp3) is 0.321. The van der Waals surface area contributed by atoms with Crippen molar-refractivity contribution >= 4 is 28.8 Å². The molecule has 2 aromatic carbocycles. The summed E-state index contributed by atoms with van der Waals surface area (Å²) in [6.45, 7) is 2.36. The smallest absolute Gasteiger partial charge is 0.330 e. The lowest BCUT2D eigenvalue weighted by Gasteiger charge is -2.40. The molecule has 0 saturated carbocycles. The standard InChI is InChI=1S/C28H28O11/c1-13-9-18(31)23(27-22(13)19(32)11-17(38-27)10-14(2)29)28-26(36)25(35)24(34)20(39-28)12-37-21(33)8-5-15-3-6-16(30)7-4-15/h3-9,11,20,24-26,28,30-31,34-36H,10,12H2,1-2H3/b8-5+/t20?,24-,25+,26-,28+/m1/s1. The Hall–Kier alpha value is -4.03. The molecular weight excluding hydrogens is 512 g/mol. The first-order chi connectivity index (χ1) is 18.5. The van der Waals surface area contributed by atoms with Crippen LogP contribution in [0.25, 0.3) is 17.0 Å². The highest BCUT2D eigenvalue weighted by molar-refractivity contribution is 5.87. The van der Waals surface area contributed by atoms with Gasteiger partial charge in [-0.1, -0.05) is 12.1 Å². The number of aromatic hydroxyl groups is 2. The Morgan fingerprint density at radius 3 is 2.38 bits per heavy atom. The number of carbonyl (C=O) groups excluding carboxylic acids is 2. The van der Waals surface area contributed by atoms with Crippen LogP contribution in [-0.4, -0.2) is 68.3 Å². The first-order valence-electron chi connectivity index (χ1n) is 12.1. The molecule has 0 radical (unpaired) electrons. The zero-order chi connectivity index (χ0) is 28.4. The summed E-state index contributed by atoms with van der Waals surface area (Å²) < 4.78 is 16.8. The van der Waals surface area contributed by atoms with Crippen molar-refractivity contribution in [3.63, 3.8) is 0 Å². The quantitative estimate of drug-likeness (QED) is 0.216. The van der Waals surface area contributed by atoms with E-state index in [4.69, 9.17) is 13.9 Å². The molecule has 206 valence electrons. The summed E-state index contributed by atoms with van der Waals surface area (Å²) in [5.74, 6) is -1.38. The first-order valence-corrected chi connectivity index (χ1v) is 12.1. The topological polar surface area (TPSA) is 184 Å². The van der Waals surface area contributed by atoms with Gasteiger partial charge in [-0.25, -0.2) is 4.79 Å². The van der Waals surface area contributed by atoms with Gasteiger partial charge in [0.2, 0.25) is 0 Å². The van der Waals surface area contributed by atoms with Crippen molar-refractivity contribution in [2.24, 2.45) is 0 Å². The summed E-state index contributed by atoms with van der Waals surface area (Å²) in [6.07, 6.45) is -5.66. The van der Waals surface area contributed by atoms with Gasteiger partial charge >= 0.3 is 5.97 Å².